The van der Waals surface area contributed by atoms with Crippen LogP contribution in [0.5, 0.6) is 0 Å². The van der Waals surface area contributed by atoms with Gasteiger partial charge in [-0.15, -0.1) is 0 Å². The van der Waals surface area contributed by atoms with Crippen LogP contribution in [0.15, 0.2) is 0 Å². The van der Waals surface area contributed by atoms with Crippen molar-refractivity contribution in [1.82, 2.24) is 0 Å². The molecule has 4 bridgehead atoms. The van der Waals surface area contributed by atoms with E-state index in [-0.39, 0.29) is 5.97 Å². The van der Waals surface area contributed by atoms with Crippen molar-refractivity contribution in [2.45, 2.75) is 65.7 Å². The maximum atomic E-state index is 9.96. The quantitative estimate of drug-likeness (QED) is 0.647. The molecule has 2 nitrogen and oxygen atoms in total. The van der Waals surface area contributed by atoms with Gasteiger partial charge in [-0.25, -0.2) is 0 Å². The number of esters is 1. The maximum absolute atomic E-state index is 9.96. The Bertz CT molecular complexity index is 185. The molecule has 0 aromatic heterocycles. The first-order valence-corrected chi connectivity index (χ1v) is 7.78. The first-order valence-electron chi connectivity index (χ1n) is 7.78. The fourth-order valence-electron chi connectivity index (χ4n) is 4.13. The van der Waals surface area contributed by atoms with Gasteiger partial charge in [-0.1, -0.05) is 20.8 Å². The second-order valence-corrected chi connectivity index (χ2v) is 5.81. The molecule has 4 fully saturated rings. The standard InChI is InChI=1S/C10H16.C4H8O2.C2H6/c1-7-2-9-4-8(1)5-10(3-7)6-9;1-3-4(5)6-2;1-2/h7-10H,1-6H2;3H2,1-2H3;1-2H3. The summed E-state index contributed by atoms with van der Waals surface area (Å²) in [5.41, 5.74) is 0. The molecule has 4 aliphatic carbocycles. The largest absolute Gasteiger partial charge is 0.469 e. The molecule has 18 heavy (non-hydrogen) atoms. The van der Waals surface area contributed by atoms with Gasteiger partial charge in [0.05, 0.1) is 7.11 Å². The van der Waals surface area contributed by atoms with Gasteiger partial charge in [-0.05, 0) is 62.2 Å². The number of carbonyl (C=O) groups excluding carboxylic acids is 1. The first kappa shape index (κ1) is 15.5. The minimum atomic E-state index is -0.157. The molecule has 0 N–H and O–H groups in total. The van der Waals surface area contributed by atoms with Crippen molar-refractivity contribution in [2.75, 3.05) is 7.11 Å². The van der Waals surface area contributed by atoms with Crippen LogP contribution in [0.3, 0.4) is 0 Å². The van der Waals surface area contributed by atoms with E-state index >= 15 is 0 Å². The summed E-state index contributed by atoms with van der Waals surface area (Å²) in [5.74, 6) is 4.55. The number of carbonyl (C=O) groups is 1. The minimum absolute atomic E-state index is 0.157. The third-order valence-electron chi connectivity index (χ3n) is 4.52. The van der Waals surface area contributed by atoms with Gasteiger partial charge in [0.1, 0.15) is 0 Å². The van der Waals surface area contributed by atoms with Crippen molar-refractivity contribution in [2.24, 2.45) is 23.7 Å². The van der Waals surface area contributed by atoms with Crippen molar-refractivity contribution < 1.29 is 9.53 Å². The SMILES string of the molecule is C1C2CC3CC1CC(C2)C3.CC.CCC(=O)OC. The summed E-state index contributed by atoms with van der Waals surface area (Å²) in [4.78, 5) is 9.96. The fraction of sp³-hybridized carbons (Fsp3) is 0.938. The van der Waals surface area contributed by atoms with Crippen LogP contribution in [-0.4, -0.2) is 13.1 Å². The third kappa shape index (κ3) is 4.29. The Morgan fingerprint density at radius 3 is 1.28 bits per heavy atom. The van der Waals surface area contributed by atoms with Crippen molar-refractivity contribution >= 4 is 5.97 Å². The number of methoxy groups -OCH3 is 1. The average molecular weight is 254 g/mol. The molecule has 0 spiro atoms. The van der Waals surface area contributed by atoms with E-state index in [0.29, 0.717) is 6.42 Å². The van der Waals surface area contributed by atoms with E-state index in [0.717, 1.165) is 0 Å². The zero-order valence-corrected chi connectivity index (χ0v) is 12.6. The minimum Gasteiger partial charge on any atom is -0.469 e. The van der Waals surface area contributed by atoms with Crippen LogP contribution in [0, 0.1) is 23.7 Å². The predicted molar refractivity (Wildman–Crippen MR) is 75.3 cm³/mol. The van der Waals surface area contributed by atoms with Crippen LogP contribution in [0.25, 0.3) is 0 Å². The van der Waals surface area contributed by atoms with Gasteiger partial charge in [0.15, 0.2) is 0 Å². The molecule has 4 rings (SSSR count). The normalized spacial score (nSPS) is 34.9. The molecule has 0 aromatic carbocycles. The molecule has 0 atom stereocenters. The number of rotatable bonds is 1. The topological polar surface area (TPSA) is 26.3 Å². The number of hydrogen-bond acceptors (Lipinski definition) is 2. The van der Waals surface area contributed by atoms with Crippen LogP contribution >= 0.6 is 0 Å². The van der Waals surface area contributed by atoms with Crippen molar-refractivity contribution in [3.8, 4) is 0 Å². The average Bonchev–Trinajstić information content (AvgIpc) is 2.39. The predicted octanol–water partition coefficient (Wildman–Crippen LogP) is 4.43. The van der Waals surface area contributed by atoms with Gasteiger partial charge in [0.2, 0.25) is 0 Å². The Hall–Kier alpha value is -0.530. The zero-order valence-electron chi connectivity index (χ0n) is 12.6. The molecule has 4 aliphatic rings. The van der Waals surface area contributed by atoms with Gasteiger partial charge >= 0.3 is 5.97 Å². The molecular formula is C16H30O2. The lowest BCUT2D eigenvalue weighted by Crippen LogP contribution is -2.38. The lowest BCUT2D eigenvalue weighted by Gasteiger charge is -2.49. The van der Waals surface area contributed by atoms with Crippen molar-refractivity contribution in [3.63, 3.8) is 0 Å². The molecule has 0 radical (unpaired) electrons. The molecule has 106 valence electrons. The molecule has 4 saturated carbocycles. The van der Waals surface area contributed by atoms with E-state index in [2.05, 4.69) is 4.74 Å². The Kier molecular flexibility index (Phi) is 6.73. The van der Waals surface area contributed by atoms with Crippen LogP contribution in [0.4, 0.5) is 0 Å². The summed E-state index contributed by atoms with van der Waals surface area (Å²) in [6.45, 7) is 5.76. The number of hydrogen-bond donors (Lipinski definition) is 0. The first-order chi connectivity index (χ1) is 8.71. The van der Waals surface area contributed by atoms with Crippen molar-refractivity contribution in [3.05, 3.63) is 0 Å². The number of ether oxygens (including phenoxy) is 1. The van der Waals surface area contributed by atoms with E-state index < -0.39 is 0 Å². The fourth-order valence-corrected chi connectivity index (χ4v) is 4.13. The van der Waals surface area contributed by atoms with E-state index in [4.69, 9.17) is 0 Å². The van der Waals surface area contributed by atoms with E-state index in [1.165, 1.54) is 30.8 Å². The summed E-state index contributed by atoms with van der Waals surface area (Å²) >= 11 is 0. The van der Waals surface area contributed by atoms with Gasteiger partial charge < -0.3 is 4.74 Å². The summed E-state index contributed by atoms with van der Waals surface area (Å²) in [7, 11) is 1.38. The van der Waals surface area contributed by atoms with Gasteiger partial charge in [0, 0.05) is 6.42 Å². The Morgan fingerprint density at radius 2 is 1.17 bits per heavy atom. The van der Waals surface area contributed by atoms with Crippen molar-refractivity contribution in [1.29, 1.82) is 0 Å². The van der Waals surface area contributed by atoms with E-state index in [9.17, 15) is 4.79 Å². The highest BCUT2D eigenvalue weighted by molar-refractivity contribution is 5.68. The second-order valence-electron chi connectivity index (χ2n) is 5.81. The van der Waals surface area contributed by atoms with Gasteiger partial charge in [-0.2, -0.15) is 0 Å². The molecule has 2 heteroatoms. The second kappa shape index (κ2) is 7.81. The van der Waals surface area contributed by atoms with E-state index in [1.807, 2.05) is 13.8 Å². The molecule has 0 aliphatic heterocycles. The Morgan fingerprint density at radius 1 is 0.889 bits per heavy atom. The van der Waals surface area contributed by atoms with Gasteiger partial charge in [-0.3, -0.25) is 4.79 Å². The van der Waals surface area contributed by atoms with Crippen LogP contribution in [0.1, 0.15) is 65.7 Å². The van der Waals surface area contributed by atoms with Crippen LogP contribution in [0.2, 0.25) is 0 Å². The Labute approximate surface area is 112 Å². The monoisotopic (exact) mass is 254 g/mol. The molecule has 0 heterocycles. The maximum Gasteiger partial charge on any atom is 0.305 e. The molecule has 0 amide bonds. The molecule has 0 aromatic rings. The highest BCUT2D eigenvalue weighted by atomic mass is 16.5. The Balaban J connectivity index is 0.000000178. The third-order valence-corrected chi connectivity index (χ3v) is 4.52. The highest BCUT2D eigenvalue weighted by Crippen LogP contribution is 2.53. The van der Waals surface area contributed by atoms with E-state index in [1.54, 1.807) is 45.4 Å². The lowest BCUT2D eigenvalue weighted by molar-refractivity contribution is -0.140. The molecule has 0 saturated heterocycles. The zero-order chi connectivity index (χ0) is 13.5. The summed E-state index contributed by atoms with van der Waals surface area (Å²) in [6, 6.07) is 0. The summed E-state index contributed by atoms with van der Waals surface area (Å²) in [6.07, 6.45) is 10.1. The molecular weight excluding hydrogens is 224 g/mol. The highest BCUT2D eigenvalue weighted by Gasteiger charge is 2.41. The molecule has 0 unspecified atom stereocenters. The summed E-state index contributed by atoms with van der Waals surface area (Å²) in [5, 5.41) is 0. The lowest BCUT2D eigenvalue weighted by atomic mass is 9.56. The smallest absolute Gasteiger partial charge is 0.305 e. The van der Waals surface area contributed by atoms with Crippen LogP contribution < -0.4 is 0 Å². The summed E-state index contributed by atoms with van der Waals surface area (Å²) < 4.78 is 4.26. The van der Waals surface area contributed by atoms with Gasteiger partial charge in [0.25, 0.3) is 0 Å². The van der Waals surface area contributed by atoms with Crippen LogP contribution in [-0.2, 0) is 9.53 Å².